The molecule has 0 atom stereocenters. The normalized spacial score (nSPS) is 6.82. The highest BCUT2D eigenvalue weighted by Crippen LogP contribution is 1.93. The molecule has 10 heteroatoms. The van der Waals surface area contributed by atoms with Gasteiger partial charge in [0.2, 0.25) is 0 Å². The fourth-order valence-electron chi connectivity index (χ4n) is 0.574. The highest BCUT2D eigenvalue weighted by molar-refractivity contribution is 5.86. The number of rotatable bonds is 1. The van der Waals surface area contributed by atoms with Gasteiger partial charge in [-0.15, -0.1) is 0 Å². The van der Waals surface area contributed by atoms with Crippen LogP contribution >= 0.6 is 0 Å². The molecule has 0 unspecified atom stereocenters. The van der Waals surface area contributed by atoms with Crippen LogP contribution < -0.4 is 16.7 Å². The van der Waals surface area contributed by atoms with Crippen LogP contribution in [0, 0.1) is 0 Å². The Kier molecular flexibility index (Phi) is 10.6. The van der Waals surface area contributed by atoms with Gasteiger partial charge in [0.25, 0.3) is 0 Å². The van der Waals surface area contributed by atoms with Crippen LogP contribution in [0.4, 0.5) is 10.6 Å². The summed E-state index contributed by atoms with van der Waals surface area (Å²) in [6.45, 7) is 0. The summed E-state index contributed by atoms with van der Waals surface area (Å²) in [5, 5.41) is 15.7. The summed E-state index contributed by atoms with van der Waals surface area (Å²) in [7, 11) is 0. The fraction of sp³-hybridized carbons (Fsp3) is 0. The van der Waals surface area contributed by atoms with Gasteiger partial charge in [0, 0.05) is 6.20 Å². The lowest BCUT2D eigenvalue weighted by Crippen LogP contribution is -2.22. The molecule has 10 nitrogen and oxygen atoms in total. The van der Waals surface area contributed by atoms with E-state index in [9.17, 15) is 9.59 Å². The molecule has 0 spiro atoms. The molecule has 0 aromatic carbocycles. The average Bonchev–Trinajstić information content (AvgIpc) is 2.18. The molecule has 0 aliphatic rings. The van der Waals surface area contributed by atoms with Gasteiger partial charge in [-0.2, -0.15) is 0 Å². The average molecular weight is 238 g/mol. The van der Waals surface area contributed by atoms with E-state index in [-0.39, 0.29) is 5.82 Å². The highest BCUT2D eigenvalue weighted by Gasteiger charge is 1.94. The van der Waals surface area contributed by atoms with E-state index < -0.39 is 11.7 Å². The summed E-state index contributed by atoms with van der Waals surface area (Å²) in [5.41, 5.74) is 4.25. The first kappa shape index (κ1) is 16.3. The number of amides is 2. The number of nitrogens with zero attached hydrogens (tertiary/aromatic N) is 3. The number of primary amides is 1. The van der Waals surface area contributed by atoms with E-state index in [1.54, 1.807) is 0 Å². The Labute approximate surface area is 93.9 Å². The summed E-state index contributed by atoms with van der Waals surface area (Å²) in [6.07, 6.45) is 2.27. The Morgan fingerprint density at radius 1 is 1.41 bits per heavy atom. The predicted molar refractivity (Wildman–Crippen MR) is 56.2 cm³/mol. The number of urea groups is 1. The molecule has 0 fully saturated rings. The van der Waals surface area contributed by atoms with Crippen LogP contribution in [0.5, 0.6) is 0 Å². The number of anilines is 1. The predicted octanol–water partition coefficient (Wildman–Crippen LogP) is -0.956. The van der Waals surface area contributed by atoms with Crippen molar-refractivity contribution in [3.05, 3.63) is 33.6 Å². The number of carbonyl (C=O) groups is 1. The first-order valence-electron chi connectivity index (χ1n) is 3.66. The maximum atomic E-state index is 10.5. The van der Waals surface area contributed by atoms with Crippen LogP contribution in [-0.4, -0.2) is 28.2 Å². The molecule has 1 aromatic rings. The van der Waals surface area contributed by atoms with Crippen molar-refractivity contribution in [3.63, 3.8) is 0 Å². The standard InChI is InChI=1S/C5H6N4O2.2CNO/c6-4(10)8-3-1-2-7-5(11)9-3;2*2-1-3/h1-2H,(H4,6,7,8,9,10,11);;/q;2*-1. The Morgan fingerprint density at radius 2 is 1.88 bits per heavy atom. The van der Waals surface area contributed by atoms with Gasteiger partial charge in [-0.1, -0.05) is 0 Å². The van der Waals surface area contributed by atoms with E-state index in [2.05, 4.69) is 15.3 Å². The molecular weight excluding hydrogens is 232 g/mol. The number of hydrogen-bond donors (Lipinski definition) is 3. The van der Waals surface area contributed by atoms with Crippen LogP contribution in [0.1, 0.15) is 0 Å². The van der Waals surface area contributed by atoms with Crippen LogP contribution in [0.3, 0.4) is 0 Å². The fourth-order valence-corrected chi connectivity index (χ4v) is 0.574. The van der Waals surface area contributed by atoms with Gasteiger partial charge in [-0.3, -0.25) is 19.9 Å². The van der Waals surface area contributed by atoms with Crippen LogP contribution in [0.2, 0.25) is 0 Å². The molecular formula is C7H6N6O4-2. The topological polar surface area (TPSA) is 180 Å². The molecule has 0 radical (unpaired) electrons. The molecule has 1 heterocycles. The van der Waals surface area contributed by atoms with Gasteiger partial charge < -0.3 is 16.6 Å². The monoisotopic (exact) mass is 238 g/mol. The molecule has 1 aromatic heterocycles. The van der Waals surface area contributed by atoms with Gasteiger partial charge in [-0.25, -0.2) is 14.6 Å². The number of aromatic amines is 1. The summed E-state index contributed by atoms with van der Waals surface area (Å²) >= 11 is 0. The van der Waals surface area contributed by atoms with E-state index in [4.69, 9.17) is 26.1 Å². The molecule has 1 rings (SSSR count). The number of H-pyrrole nitrogens is 1. The van der Waals surface area contributed by atoms with Crippen LogP contribution in [0.15, 0.2) is 17.1 Å². The second-order valence-corrected chi connectivity index (χ2v) is 1.96. The van der Waals surface area contributed by atoms with E-state index in [1.807, 2.05) is 0 Å². The number of nitrogens with two attached hydrogens (primary N) is 1. The number of isocyanates is 2. The van der Waals surface area contributed by atoms with Crippen molar-refractivity contribution in [1.82, 2.24) is 9.97 Å². The molecule has 0 aliphatic heterocycles. The van der Waals surface area contributed by atoms with Gasteiger partial charge in [0.15, 0.2) is 0 Å². The van der Waals surface area contributed by atoms with Crippen molar-refractivity contribution >= 4 is 24.0 Å². The lowest BCUT2D eigenvalue weighted by atomic mass is 10.6. The Morgan fingerprint density at radius 3 is 2.24 bits per heavy atom. The first-order chi connectivity index (χ1) is 8.01. The van der Waals surface area contributed by atoms with Gasteiger partial charge in [0.1, 0.15) is 5.82 Å². The van der Waals surface area contributed by atoms with E-state index in [0.717, 1.165) is 0 Å². The molecule has 2 amide bonds. The number of carbonyl (C=O) groups excluding carboxylic acids is 3. The summed E-state index contributed by atoms with van der Waals surface area (Å²) < 4.78 is 0. The minimum absolute atomic E-state index is 0.234. The first-order valence-corrected chi connectivity index (χ1v) is 3.66. The van der Waals surface area contributed by atoms with Crippen LogP contribution in [-0.2, 0) is 9.59 Å². The van der Waals surface area contributed by atoms with E-state index in [1.165, 1.54) is 12.3 Å². The second kappa shape index (κ2) is 11.0. The van der Waals surface area contributed by atoms with Gasteiger partial charge >= 0.3 is 11.7 Å². The lowest BCUT2D eigenvalue weighted by molar-refractivity contribution is 0.259. The Balaban J connectivity index is 0. The van der Waals surface area contributed by atoms with Crippen molar-refractivity contribution in [3.8, 4) is 0 Å². The van der Waals surface area contributed by atoms with Crippen molar-refractivity contribution < 1.29 is 14.4 Å². The third-order valence-electron chi connectivity index (χ3n) is 0.932. The molecule has 4 N–H and O–H groups in total. The zero-order valence-corrected chi connectivity index (χ0v) is 8.21. The summed E-state index contributed by atoms with van der Waals surface area (Å²) in [6, 6.07) is 0.693. The van der Waals surface area contributed by atoms with Crippen LogP contribution in [0.25, 0.3) is 10.8 Å². The highest BCUT2D eigenvalue weighted by atomic mass is 16.2. The number of nitrogens with one attached hydrogen (secondary N) is 2. The summed E-state index contributed by atoms with van der Waals surface area (Å²) in [4.78, 5) is 42.8. The molecule has 0 bridgehead atoms. The maximum Gasteiger partial charge on any atom is 0.346 e. The summed E-state index contributed by atoms with van der Waals surface area (Å²) in [5.74, 6) is 0.234. The minimum Gasteiger partial charge on any atom is -0.724 e. The van der Waals surface area contributed by atoms with Crippen molar-refractivity contribution in [2.45, 2.75) is 0 Å². The zero-order chi connectivity index (χ0) is 13.7. The van der Waals surface area contributed by atoms with Gasteiger partial charge in [-0.05, 0) is 18.2 Å². The molecule has 0 aliphatic carbocycles. The zero-order valence-electron chi connectivity index (χ0n) is 8.21. The second-order valence-electron chi connectivity index (χ2n) is 1.96. The van der Waals surface area contributed by atoms with Crippen molar-refractivity contribution in [2.75, 3.05) is 5.32 Å². The third kappa shape index (κ3) is 12.9. The number of aromatic nitrogens is 2. The minimum atomic E-state index is -0.730. The quantitative estimate of drug-likeness (QED) is 0.420. The lowest BCUT2D eigenvalue weighted by Gasteiger charge is -1.97. The van der Waals surface area contributed by atoms with E-state index in [0.29, 0.717) is 12.2 Å². The molecule has 0 saturated carbocycles. The molecule has 0 saturated heterocycles. The molecule has 90 valence electrons. The largest absolute Gasteiger partial charge is 0.724 e. The SMILES string of the molecule is NC(=O)Nc1ccnc(=O)[nH]1.[N-]=C=O.[N-]=C=O. The Hall–Kier alpha value is -3.09. The van der Waals surface area contributed by atoms with Crippen molar-refractivity contribution in [1.29, 1.82) is 0 Å². The van der Waals surface area contributed by atoms with E-state index >= 15 is 0 Å². The smallest absolute Gasteiger partial charge is 0.346 e. The molecule has 17 heavy (non-hydrogen) atoms. The maximum absolute atomic E-state index is 10.5. The Bertz CT molecular complexity index is 457. The van der Waals surface area contributed by atoms with Crippen molar-refractivity contribution in [2.24, 2.45) is 5.73 Å². The number of hydrogen-bond acceptors (Lipinski definition) is 5. The third-order valence-corrected chi connectivity index (χ3v) is 0.932. The van der Waals surface area contributed by atoms with Gasteiger partial charge in [0.05, 0.1) is 0 Å².